The Morgan fingerprint density at radius 1 is 0.625 bits per heavy atom. The molecule has 0 radical (unpaired) electrons. The molecule has 6 heteroatoms. The third kappa shape index (κ3) is 5.66. The van der Waals surface area contributed by atoms with Crippen molar-refractivity contribution in [2.45, 2.75) is 73.1 Å². The molecule has 0 aliphatic heterocycles. The Balaban J connectivity index is 1.29. The third-order valence-electron chi connectivity index (χ3n) is 9.01. The van der Waals surface area contributed by atoms with Gasteiger partial charge in [0.2, 0.25) is 0 Å². The number of ether oxygens (including phenoxy) is 1. The molecule has 0 aliphatic carbocycles. The highest BCUT2D eigenvalue weighted by molar-refractivity contribution is 6.09. The summed E-state index contributed by atoms with van der Waals surface area (Å²) in [4.78, 5) is 6.57. The zero-order valence-electron chi connectivity index (χ0n) is 29.4. The highest BCUT2D eigenvalue weighted by Gasteiger charge is 2.27. The standard InChI is InChI=1S/C42H43N5O/c1-26-21-27(2)38(28(3)22-26)39-40(42(7,8)9)45-47(44-39)30-13-12-14-31(24-30)48-32-17-18-34-33-15-10-11-16-35(33)46(36(34)25-32)37-23-29(19-20-43-37)41(4,5)6/h10-25H,1-9H3. The molecule has 3 aromatic heterocycles. The summed E-state index contributed by atoms with van der Waals surface area (Å²) < 4.78 is 8.79. The predicted octanol–water partition coefficient (Wildman–Crippen LogP) is 10.7. The summed E-state index contributed by atoms with van der Waals surface area (Å²) in [5.41, 5.74) is 10.7. The topological polar surface area (TPSA) is 57.8 Å². The van der Waals surface area contributed by atoms with E-state index in [0.717, 1.165) is 50.6 Å². The number of pyridine rings is 1. The van der Waals surface area contributed by atoms with Crippen LogP contribution in [0.1, 0.15) is 69.5 Å². The lowest BCUT2D eigenvalue weighted by molar-refractivity contribution is 0.482. The van der Waals surface area contributed by atoms with Crippen LogP contribution in [0.3, 0.4) is 0 Å². The maximum Gasteiger partial charge on any atom is 0.137 e. The first-order valence-corrected chi connectivity index (χ1v) is 16.6. The fourth-order valence-corrected chi connectivity index (χ4v) is 6.72. The second-order valence-electron chi connectivity index (χ2n) is 15.0. The Morgan fingerprint density at radius 3 is 2.06 bits per heavy atom. The molecule has 242 valence electrons. The van der Waals surface area contributed by atoms with Crippen molar-refractivity contribution in [2.75, 3.05) is 0 Å². The van der Waals surface area contributed by atoms with Crippen molar-refractivity contribution < 1.29 is 4.74 Å². The summed E-state index contributed by atoms with van der Waals surface area (Å²) in [5, 5.41) is 12.5. The van der Waals surface area contributed by atoms with Crippen LogP contribution < -0.4 is 4.74 Å². The van der Waals surface area contributed by atoms with Crippen molar-refractivity contribution in [1.29, 1.82) is 0 Å². The van der Waals surface area contributed by atoms with Gasteiger partial charge in [-0.1, -0.05) is 83.5 Å². The minimum atomic E-state index is -0.194. The lowest BCUT2D eigenvalue weighted by atomic mass is 9.86. The zero-order chi connectivity index (χ0) is 34.0. The molecule has 0 atom stereocenters. The zero-order valence-corrected chi connectivity index (χ0v) is 29.4. The van der Waals surface area contributed by atoms with E-state index in [4.69, 9.17) is 19.9 Å². The summed E-state index contributed by atoms with van der Waals surface area (Å²) in [6.07, 6.45) is 1.91. The van der Waals surface area contributed by atoms with Gasteiger partial charge in [-0.2, -0.15) is 9.90 Å². The molecular formula is C42H43N5O. The van der Waals surface area contributed by atoms with Crippen molar-refractivity contribution in [3.8, 4) is 34.3 Å². The molecule has 0 bridgehead atoms. The number of benzene rings is 4. The van der Waals surface area contributed by atoms with E-state index < -0.39 is 0 Å². The number of para-hydroxylation sites is 1. The third-order valence-corrected chi connectivity index (χ3v) is 9.01. The van der Waals surface area contributed by atoms with Crippen LogP contribution in [-0.4, -0.2) is 24.5 Å². The van der Waals surface area contributed by atoms with E-state index in [0.29, 0.717) is 5.75 Å². The first kappa shape index (κ1) is 31.4. The Kier molecular flexibility index (Phi) is 7.50. The molecule has 0 saturated heterocycles. The summed E-state index contributed by atoms with van der Waals surface area (Å²) in [5.74, 6) is 2.34. The largest absolute Gasteiger partial charge is 0.457 e. The van der Waals surface area contributed by atoms with Crippen molar-refractivity contribution in [3.05, 3.63) is 125 Å². The van der Waals surface area contributed by atoms with E-state index in [1.807, 2.05) is 36.5 Å². The van der Waals surface area contributed by atoms with Gasteiger partial charge in [0.25, 0.3) is 0 Å². The van der Waals surface area contributed by atoms with E-state index in [9.17, 15) is 0 Å². The molecule has 0 saturated carbocycles. The van der Waals surface area contributed by atoms with Crippen LogP contribution in [-0.2, 0) is 10.8 Å². The number of hydrogen-bond donors (Lipinski definition) is 0. The Morgan fingerprint density at radius 2 is 1.33 bits per heavy atom. The van der Waals surface area contributed by atoms with Gasteiger partial charge < -0.3 is 4.74 Å². The highest BCUT2D eigenvalue weighted by atomic mass is 16.5. The molecular weight excluding hydrogens is 590 g/mol. The van der Waals surface area contributed by atoms with Crippen LogP contribution in [0, 0.1) is 20.8 Å². The average Bonchev–Trinajstić information content (AvgIpc) is 3.61. The quantitative estimate of drug-likeness (QED) is 0.189. The van der Waals surface area contributed by atoms with Crippen LogP contribution >= 0.6 is 0 Å². The van der Waals surface area contributed by atoms with Crippen molar-refractivity contribution in [1.82, 2.24) is 24.5 Å². The number of rotatable bonds is 5. The molecule has 0 amide bonds. The first-order chi connectivity index (χ1) is 22.8. The maximum atomic E-state index is 6.55. The minimum Gasteiger partial charge on any atom is -0.457 e. The molecule has 48 heavy (non-hydrogen) atoms. The monoisotopic (exact) mass is 633 g/mol. The van der Waals surface area contributed by atoms with Crippen LogP contribution in [0.5, 0.6) is 11.5 Å². The van der Waals surface area contributed by atoms with Crippen LogP contribution in [0.15, 0.2) is 97.2 Å². The van der Waals surface area contributed by atoms with Gasteiger partial charge in [-0.05, 0) is 85.3 Å². The van der Waals surface area contributed by atoms with Crippen LogP contribution in [0.25, 0.3) is 44.6 Å². The molecule has 0 aliphatic rings. The minimum absolute atomic E-state index is 0.00533. The van der Waals surface area contributed by atoms with Gasteiger partial charge in [0.1, 0.15) is 23.0 Å². The predicted molar refractivity (Wildman–Crippen MR) is 197 cm³/mol. The maximum absolute atomic E-state index is 6.55. The van der Waals surface area contributed by atoms with Crippen molar-refractivity contribution in [2.24, 2.45) is 0 Å². The number of hydrogen-bond acceptors (Lipinski definition) is 4. The molecule has 0 N–H and O–H groups in total. The number of fused-ring (bicyclic) bond motifs is 3. The summed E-state index contributed by atoms with van der Waals surface area (Å²) >= 11 is 0. The van der Waals surface area contributed by atoms with Crippen molar-refractivity contribution >= 4 is 21.8 Å². The molecule has 4 aromatic carbocycles. The highest BCUT2D eigenvalue weighted by Crippen LogP contribution is 2.37. The molecule has 0 spiro atoms. The molecule has 7 aromatic rings. The van der Waals surface area contributed by atoms with Gasteiger partial charge in [0, 0.05) is 40.1 Å². The van der Waals surface area contributed by atoms with Gasteiger partial charge in [0.15, 0.2) is 0 Å². The molecule has 6 nitrogen and oxygen atoms in total. The molecule has 0 fully saturated rings. The first-order valence-electron chi connectivity index (χ1n) is 16.6. The Labute approximate surface area is 283 Å². The van der Waals surface area contributed by atoms with E-state index in [2.05, 4.69) is 128 Å². The van der Waals surface area contributed by atoms with Gasteiger partial charge in [0.05, 0.1) is 22.4 Å². The van der Waals surface area contributed by atoms with Crippen molar-refractivity contribution in [3.63, 3.8) is 0 Å². The van der Waals surface area contributed by atoms with E-state index in [1.165, 1.54) is 27.6 Å². The fourth-order valence-electron chi connectivity index (χ4n) is 6.72. The summed E-state index contributed by atoms with van der Waals surface area (Å²) in [7, 11) is 0. The Bertz CT molecular complexity index is 2300. The summed E-state index contributed by atoms with van der Waals surface area (Å²) in [6.45, 7) is 19.7. The second kappa shape index (κ2) is 11.5. The lowest BCUT2D eigenvalue weighted by Gasteiger charge is -2.20. The van der Waals surface area contributed by atoms with Gasteiger partial charge in [-0.25, -0.2) is 4.98 Å². The second-order valence-corrected chi connectivity index (χ2v) is 15.0. The van der Waals surface area contributed by atoms with Gasteiger partial charge in [-0.3, -0.25) is 4.57 Å². The summed E-state index contributed by atoms with van der Waals surface area (Å²) in [6, 6.07) is 31.5. The lowest BCUT2D eigenvalue weighted by Crippen LogP contribution is -2.14. The normalized spacial score (nSPS) is 12.3. The van der Waals surface area contributed by atoms with E-state index in [-0.39, 0.29) is 10.8 Å². The number of aromatic nitrogens is 5. The van der Waals surface area contributed by atoms with E-state index >= 15 is 0 Å². The molecule has 3 heterocycles. The number of nitrogens with zero attached hydrogens (tertiary/aromatic N) is 5. The molecule has 7 rings (SSSR count). The van der Waals surface area contributed by atoms with Crippen LogP contribution in [0.2, 0.25) is 0 Å². The fraction of sp³-hybridized carbons (Fsp3) is 0.262. The average molecular weight is 634 g/mol. The van der Waals surface area contributed by atoms with Gasteiger partial charge in [-0.15, -0.1) is 5.10 Å². The molecule has 0 unspecified atom stereocenters. The number of aryl methyl sites for hydroxylation is 3. The SMILES string of the molecule is Cc1cc(C)c(-c2nn(-c3cccc(Oc4ccc5c6ccccc6n(-c6cc(C(C)(C)C)ccn6)c5c4)c3)nc2C(C)(C)C)c(C)c1. The van der Waals surface area contributed by atoms with Gasteiger partial charge >= 0.3 is 0 Å². The Hall–Kier alpha value is -5.23. The smallest absolute Gasteiger partial charge is 0.137 e. The van der Waals surface area contributed by atoms with E-state index in [1.54, 1.807) is 4.80 Å². The van der Waals surface area contributed by atoms with Crippen LogP contribution in [0.4, 0.5) is 0 Å².